The number of non-ortho nitro benzene ring substituents is 1. The summed E-state index contributed by atoms with van der Waals surface area (Å²) >= 11 is 0. The number of benzene rings is 1. The average molecular weight is 294 g/mol. The first-order chi connectivity index (χ1) is 10.1. The standard InChI is InChI=1S/C13H18N4O4/c1-2-10-8-16(5-6-21-10)13(18)11-7-9(17(19)20)3-4-12(11)15-14/h3-4,7,10,15H,2,5-6,8,14H2,1H3. The number of carbonyl (C=O) groups is 1. The number of rotatable bonds is 4. The molecule has 1 saturated heterocycles. The van der Waals surface area contributed by atoms with Gasteiger partial charge in [0.15, 0.2) is 0 Å². The van der Waals surface area contributed by atoms with Crippen LogP contribution in [0.3, 0.4) is 0 Å². The number of hydrogen-bond donors (Lipinski definition) is 2. The van der Waals surface area contributed by atoms with E-state index in [0.717, 1.165) is 6.42 Å². The zero-order valence-corrected chi connectivity index (χ0v) is 11.7. The fraction of sp³-hybridized carbons (Fsp3) is 0.462. The lowest BCUT2D eigenvalue weighted by Crippen LogP contribution is -2.45. The lowest BCUT2D eigenvalue weighted by Gasteiger charge is -2.32. The Morgan fingerprint density at radius 1 is 1.62 bits per heavy atom. The number of carbonyl (C=O) groups excluding carboxylic acids is 1. The summed E-state index contributed by atoms with van der Waals surface area (Å²) < 4.78 is 5.52. The number of hydrazine groups is 1. The largest absolute Gasteiger partial charge is 0.375 e. The molecule has 8 nitrogen and oxygen atoms in total. The van der Waals surface area contributed by atoms with Crippen LogP contribution in [0.25, 0.3) is 0 Å². The summed E-state index contributed by atoms with van der Waals surface area (Å²) in [5.74, 6) is 5.10. The molecule has 1 aliphatic rings. The van der Waals surface area contributed by atoms with Gasteiger partial charge in [-0.25, -0.2) is 0 Å². The molecule has 0 saturated carbocycles. The van der Waals surface area contributed by atoms with Crippen molar-refractivity contribution >= 4 is 17.3 Å². The van der Waals surface area contributed by atoms with E-state index in [1.165, 1.54) is 18.2 Å². The summed E-state index contributed by atoms with van der Waals surface area (Å²) in [5.41, 5.74) is 2.83. The van der Waals surface area contributed by atoms with Crippen LogP contribution >= 0.6 is 0 Å². The molecule has 0 spiro atoms. The summed E-state index contributed by atoms with van der Waals surface area (Å²) in [6, 6.07) is 3.98. The maximum Gasteiger partial charge on any atom is 0.270 e. The monoisotopic (exact) mass is 294 g/mol. The second-order valence-electron chi connectivity index (χ2n) is 4.78. The number of nitrogens with one attached hydrogen (secondary N) is 1. The van der Waals surface area contributed by atoms with Gasteiger partial charge in [0.05, 0.1) is 28.9 Å². The molecule has 1 aromatic rings. The van der Waals surface area contributed by atoms with Gasteiger partial charge in [0, 0.05) is 25.2 Å². The second-order valence-corrected chi connectivity index (χ2v) is 4.78. The molecule has 1 fully saturated rings. The maximum atomic E-state index is 12.6. The van der Waals surface area contributed by atoms with Crippen LogP contribution in [0.1, 0.15) is 23.7 Å². The van der Waals surface area contributed by atoms with E-state index in [-0.39, 0.29) is 23.3 Å². The van der Waals surface area contributed by atoms with Gasteiger partial charge in [-0.3, -0.25) is 20.8 Å². The number of anilines is 1. The molecule has 1 unspecified atom stereocenters. The molecule has 1 aromatic carbocycles. The summed E-state index contributed by atoms with van der Waals surface area (Å²) in [5, 5.41) is 10.9. The van der Waals surface area contributed by atoms with Crippen molar-refractivity contribution in [3.8, 4) is 0 Å². The molecule has 1 atom stereocenters. The minimum atomic E-state index is -0.536. The predicted octanol–water partition coefficient (Wildman–Crippen LogP) is 1.13. The Balaban J connectivity index is 2.28. The number of amides is 1. The fourth-order valence-corrected chi connectivity index (χ4v) is 2.27. The average Bonchev–Trinajstić information content (AvgIpc) is 2.53. The highest BCUT2D eigenvalue weighted by atomic mass is 16.6. The minimum absolute atomic E-state index is 0.00400. The van der Waals surface area contributed by atoms with E-state index < -0.39 is 4.92 Å². The van der Waals surface area contributed by atoms with Crippen LogP contribution in [0.2, 0.25) is 0 Å². The van der Waals surface area contributed by atoms with Crippen molar-refractivity contribution in [1.82, 2.24) is 4.90 Å². The molecule has 3 N–H and O–H groups in total. The van der Waals surface area contributed by atoms with E-state index >= 15 is 0 Å². The smallest absolute Gasteiger partial charge is 0.270 e. The second kappa shape index (κ2) is 6.51. The first-order valence-electron chi connectivity index (χ1n) is 6.72. The van der Waals surface area contributed by atoms with Gasteiger partial charge in [-0.2, -0.15) is 0 Å². The topological polar surface area (TPSA) is 111 Å². The number of nitrogen functional groups attached to an aromatic ring is 1. The Morgan fingerprint density at radius 2 is 2.38 bits per heavy atom. The molecule has 21 heavy (non-hydrogen) atoms. The van der Waals surface area contributed by atoms with E-state index in [0.29, 0.717) is 25.4 Å². The number of hydrogen-bond acceptors (Lipinski definition) is 6. The third-order valence-corrected chi connectivity index (χ3v) is 3.48. The SMILES string of the molecule is CCC1CN(C(=O)c2cc([N+](=O)[O-])ccc2NN)CCO1. The van der Waals surface area contributed by atoms with Crippen LogP contribution in [0.5, 0.6) is 0 Å². The van der Waals surface area contributed by atoms with Crippen molar-refractivity contribution in [2.24, 2.45) is 5.84 Å². The quantitative estimate of drug-likeness (QED) is 0.489. The van der Waals surface area contributed by atoms with E-state index in [1.807, 2.05) is 6.92 Å². The maximum absolute atomic E-state index is 12.6. The highest BCUT2D eigenvalue weighted by Gasteiger charge is 2.26. The molecule has 2 rings (SSSR count). The summed E-state index contributed by atoms with van der Waals surface area (Å²) in [4.78, 5) is 24.5. The number of morpholine rings is 1. The van der Waals surface area contributed by atoms with Crippen LogP contribution in [-0.2, 0) is 4.74 Å². The van der Waals surface area contributed by atoms with Crippen molar-refractivity contribution in [2.45, 2.75) is 19.4 Å². The first kappa shape index (κ1) is 15.2. The Morgan fingerprint density at radius 3 is 3.00 bits per heavy atom. The Bertz CT molecular complexity index is 549. The third kappa shape index (κ3) is 3.29. The summed E-state index contributed by atoms with van der Waals surface area (Å²) in [6.45, 7) is 3.38. The Kier molecular flexibility index (Phi) is 4.71. The third-order valence-electron chi connectivity index (χ3n) is 3.48. The van der Waals surface area contributed by atoms with Crippen LogP contribution in [0, 0.1) is 10.1 Å². The first-order valence-corrected chi connectivity index (χ1v) is 6.72. The van der Waals surface area contributed by atoms with E-state index in [1.54, 1.807) is 4.90 Å². The molecule has 0 radical (unpaired) electrons. The minimum Gasteiger partial charge on any atom is -0.375 e. The van der Waals surface area contributed by atoms with Crippen molar-refractivity contribution in [3.05, 3.63) is 33.9 Å². The van der Waals surface area contributed by atoms with E-state index in [9.17, 15) is 14.9 Å². The molecule has 114 valence electrons. The van der Waals surface area contributed by atoms with Gasteiger partial charge in [-0.15, -0.1) is 0 Å². The molecular formula is C13H18N4O4. The molecule has 0 aliphatic carbocycles. The lowest BCUT2D eigenvalue weighted by atomic mass is 10.1. The number of ether oxygens (including phenoxy) is 1. The van der Waals surface area contributed by atoms with Crippen LogP contribution < -0.4 is 11.3 Å². The molecule has 1 heterocycles. The number of nitrogens with zero attached hydrogens (tertiary/aromatic N) is 2. The molecule has 0 aromatic heterocycles. The Labute approximate surface area is 122 Å². The van der Waals surface area contributed by atoms with E-state index in [4.69, 9.17) is 10.6 Å². The number of nitro benzene ring substituents is 1. The predicted molar refractivity (Wildman–Crippen MR) is 76.8 cm³/mol. The van der Waals surface area contributed by atoms with Crippen LogP contribution in [-0.4, -0.2) is 41.5 Å². The fourth-order valence-electron chi connectivity index (χ4n) is 2.27. The van der Waals surface area contributed by atoms with Crippen molar-refractivity contribution in [3.63, 3.8) is 0 Å². The molecule has 0 bridgehead atoms. The van der Waals surface area contributed by atoms with Gasteiger partial charge in [0.1, 0.15) is 0 Å². The highest BCUT2D eigenvalue weighted by Crippen LogP contribution is 2.24. The van der Waals surface area contributed by atoms with Crippen LogP contribution in [0.4, 0.5) is 11.4 Å². The zero-order valence-electron chi connectivity index (χ0n) is 11.7. The van der Waals surface area contributed by atoms with Crippen molar-refractivity contribution in [1.29, 1.82) is 0 Å². The summed E-state index contributed by atoms with van der Waals surface area (Å²) in [7, 11) is 0. The van der Waals surface area contributed by atoms with Gasteiger partial charge < -0.3 is 15.1 Å². The summed E-state index contributed by atoms with van der Waals surface area (Å²) in [6.07, 6.45) is 0.802. The van der Waals surface area contributed by atoms with Gasteiger partial charge in [-0.05, 0) is 12.5 Å². The number of nitrogens with two attached hydrogens (primary N) is 1. The molecule has 8 heteroatoms. The van der Waals surface area contributed by atoms with Gasteiger partial charge in [0.2, 0.25) is 0 Å². The van der Waals surface area contributed by atoms with Crippen molar-refractivity contribution < 1.29 is 14.5 Å². The highest BCUT2D eigenvalue weighted by molar-refractivity contribution is 6.00. The Hall–Kier alpha value is -2.19. The number of nitro groups is 1. The lowest BCUT2D eigenvalue weighted by molar-refractivity contribution is -0.384. The van der Waals surface area contributed by atoms with Crippen molar-refractivity contribution in [2.75, 3.05) is 25.1 Å². The van der Waals surface area contributed by atoms with Gasteiger partial charge in [0.25, 0.3) is 11.6 Å². The van der Waals surface area contributed by atoms with Gasteiger partial charge >= 0.3 is 0 Å². The molecular weight excluding hydrogens is 276 g/mol. The molecule has 1 aliphatic heterocycles. The van der Waals surface area contributed by atoms with E-state index in [2.05, 4.69) is 5.43 Å². The van der Waals surface area contributed by atoms with Gasteiger partial charge in [-0.1, -0.05) is 6.92 Å². The molecule has 1 amide bonds. The van der Waals surface area contributed by atoms with Crippen LogP contribution in [0.15, 0.2) is 18.2 Å². The normalized spacial score (nSPS) is 18.4. The zero-order chi connectivity index (χ0) is 15.4.